The van der Waals surface area contributed by atoms with Gasteiger partial charge in [0.05, 0.1) is 17.7 Å². The molecule has 1 atom stereocenters. The molecule has 2 aromatic rings. The summed E-state index contributed by atoms with van der Waals surface area (Å²) in [6.07, 6.45) is 6.10. The van der Waals surface area contributed by atoms with E-state index in [2.05, 4.69) is 16.2 Å². The van der Waals surface area contributed by atoms with Crippen LogP contribution in [0.1, 0.15) is 34.7 Å². The maximum atomic E-state index is 12.8. The predicted octanol–water partition coefficient (Wildman–Crippen LogP) is 1.62. The number of hydrogen-bond acceptors (Lipinski definition) is 5. The van der Waals surface area contributed by atoms with Crippen LogP contribution in [0.15, 0.2) is 24.5 Å². The maximum absolute atomic E-state index is 12.8. The summed E-state index contributed by atoms with van der Waals surface area (Å²) in [7, 11) is 0. The third-order valence-corrected chi connectivity index (χ3v) is 5.41. The predicted molar refractivity (Wildman–Crippen MR) is 91.9 cm³/mol. The molecule has 0 radical (unpaired) electrons. The minimum Gasteiger partial charge on any atom is -0.338 e. The summed E-state index contributed by atoms with van der Waals surface area (Å²) in [5.74, 6) is -0.268. The molecule has 1 saturated heterocycles. The van der Waals surface area contributed by atoms with Gasteiger partial charge in [0.2, 0.25) is 11.7 Å². The number of fused-ring (bicyclic) bond motifs is 2. The van der Waals surface area contributed by atoms with Crippen molar-refractivity contribution in [1.29, 1.82) is 5.26 Å². The Morgan fingerprint density at radius 1 is 1.38 bits per heavy atom. The molecule has 2 aromatic heterocycles. The Hall–Kier alpha value is -3.27. The van der Waals surface area contributed by atoms with Crippen molar-refractivity contribution in [3.63, 3.8) is 0 Å². The molecule has 128 valence electrons. The molecular weight excluding hydrogens is 330 g/mol. The summed E-state index contributed by atoms with van der Waals surface area (Å²) < 4.78 is 1.57. The monoisotopic (exact) mass is 345 g/mol. The molecule has 1 unspecified atom stereocenters. The second kappa shape index (κ2) is 5.11. The van der Waals surface area contributed by atoms with Crippen molar-refractivity contribution in [2.75, 3.05) is 13.1 Å². The van der Waals surface area contributed by atoms with Crippen molar-refractivity contribution in [3.05, 3.63) is 41.5 Å². The maximum Gasteiger partial charge on any atom is 0.247 e. The summed E-state index contributed by atoms with van der Waals surface area (Å²) in [6, 6.07) is 3.54. The van der Waals surface area contributed by atoms with Gasteiger partial charge >= 0.3 is 0 Å². The van der Waals surface area contributed by atoms with Crippen LogP contribution in [0, 0.1) is 17.2 Å². The number of nitrogens with zero attached hydrogens (tertiary/aromatic N) is 5. The Bertz CT molecular complexity index is 1050. The van der Waals surface area contributed by atoms with Crippen LogP contribution < -0.4 is 0 Å². The van der Waals surface area contributed by atoms with E-state index in [0.717, 1.165) is 22.4 Å². The quantitative estimate of drug-likeness (QED) is 0.825. The Morgan fingerprint density at radius 3 is 2.96 bits per heavy atom. The summed E-state index contributed by atoms with van der Waals surface area (Å²) in [6.45, 7) is 2.70. The average Bonchev–Trinajstić information content (AvgIpc) is 3.23. The van der Waals surface area contributed by atoms with Gasteiger partial charge in [0.15, 0.2) is 0 Å². The Labute approximate surface area is 149 Å². The number of rotatable bonds is 2. The lowest BCUT2D eigenvalue weighted by atomic mass is 9.87. The van der Waals surface area contributed by atoms with Gasteiger partial charge < -0.3 is 4.90 Å². The Kier molecular flexibility index (Phi) is 2.95. The molecule has 5 rings (SSSR count). The fraction of sp³-hybridized carbons (Fsp3) is 0.316. The number of amides is 1. The van der Waals surface area contributed by atoms with Crippen LogP contribution in [0.25, 0.3) is 16.7 Å². The highest BCUT2D eigenvalue weighted by Crippen LogP contribution is 2.43. The van der Waals surface area contributed by atoms with Gasteiger partial charge in [-0.2, -0.15) is 10.4 Å². The van der Waals surface area contributed by atoms with Crippen LogP contribution in [0.3, 0.4) is 0 Å². The van der Waals surface area contributed by atoms with E-state index in [4.69, 9.17) is 5.26 Å². The van der Waals surface area contributed by atoms with Gasteiger partial charge in [-0.15, -0.1) is 0 Å². The lowest BCUT2D eigenvalue weighted by Gasteiger charge is -2.36. The first-order chi connectivity index (χ1) is 12.6. The number of Topliss-reactive ketones (excluding diaryl/α,β-unsaturated/α-hetero) is 1. The number of aromatic nitrogens is 3. The van der Waals surface area contributed by atoms with Crippen molar-refractivity contribution in [1.82, 2.24) is 19.7 Å². The smallest absolute Gasteiger partial charge is 0.247 e. The third-order valence-electron chi connectivity index (χ3n) is 5.41. The lowest BCUT2D eigenvalue weighted by Crippen LogP contribution is -2.51. The van der Waals surface area contributed by atoms with Crippen LogP contribution >= 0.6 is 0 Å². The van der Waals surface area contributed by atoms with E-state index >= 15 is 0 Å². The lowest BCUT2D eigenvalue weighted by molar-refractivity contribution is -0.139. The zero-order valence-corrected chi connectivity index (χ0v) is 14.1. The molecule has 0 saturated carbocycles. The van der Waals surface area contributed by atoms with Crippen molar-refractivity contribution >= 4 is 17.3 Å². The highest BCUT2D eigenvalue weighted by Gasteiger charge is 2.37. The van der Waals surface area contributed by atoms with Crippen LogP contribution in [0.2, 0.25) is 0 Å². The highest BCUT2D eigenvalue weighted by atomic mass is 16.2. The largest absolute Gasteiger partial charge is 0.338 e. The van der Waals surface area contributed by atoms with Crippen LogP contribution in [0.5, 0.6) is 0 Å². The van der Waals surface area contributed by atoms with Gasteiger partial charge in [0.1, 0.15) is 11.7 Å². The molecule has 26 heavy (non-hydrogen) atoms. The first kappa shape index (κ1) is 15.0. The summed E-state index contributed by atoms with van der Waals surface area (Å²) in [4.78, 5) is 31.5. The molecule has 1 amide bonds. The molecule has 2 aliphatic carbocycles. The number of allylic oxidation sites excluding steroid dienone is 2. The van der Waals surface area contributed by atoms with Gasteiger partial charge in [-0.1, -0.05) is 6.08 Å². The van der Waals surface area contributed by atoms with E-state index < -0.39 is 6.04 Å². The van der Waals surface area contributed by atoms with Crippen molar-refractivity contribution in [2.24, 2.45) is 5.92 Å². The second-order valence-electron chi connectivity index (χ2n) is 6.95. The van der Waals surface area contributed by atoms with Crippen molar-refractivity contribution in [2.45, 2.75) is 19.4 Å². The molecule has 1 fully saturated rings. The fourth-order valence-electron chi connectivity index (χ4n) is 3.89. The molecule has 7 heteroatoms. The SMILES string of the molecule is CC(C(=O)N1CC(C#N)C1)n1cc2c(n1)C(=O)C1=CCc3nccc-2c31. The van der Waals surface area contributed by atoms with Gasteiger partial charge in [-0.25, -0.2) is 0 Å². The molecule has 3 aliphatic rings. The van der Waals surface area contributed by atoms with E-state index in [0.29, 0.717) is 30.8 Å². The number of carbonyl (C=O) groups is 2. The molecule has 1 aliphatic heterocycles. The topological polar surface area (TPSA) is 91.9 Å². The van der Waals surface area contributed by atoms with Gasteiger partial charge in [-0.05, 0) is 18.6 Å². The normalized spacial score (nSPS) is 18.5. The van der Waals surface area contributed by atoms with Gasteiger partial charge in [0, 0.05) is 48.6 Å². The Morgan fingerprint density at radius 2 is 2.19 bits per heavy atom. The van der Waals surface area contributed by atoms with E-state index in [1.54, 1.807) is 28.9 Å². The van der Waals surface area contributed by atoms with E-state index in [1.807, 2.05) is 12.1 Å². The van der Waals surface area contributed by atoms with E-state index in [1.165, 1.54) is 0 Å². The van der Waals surface area contributed by atoms with E-state index in [9.17, 15) is 9.59 Å². The molecular formula is C19H15N5O2. The highest BCUT2D eigenvalue weighted by molar-refractivity contribution is 6.34. The number of ketones is 1. The van der Waals surface area contributed by atoms with Crippen LogP contribution in [-0.4, -0.2) is 44.4 Å². The summed E-state index contributed by atoms with van der Waals surface area (Å²) in [5.41, 5.74) is 4.58. The third kappa shape index (κ3) is 1.87. The minimum atomic E-state index is -0.520. The van der Waals surface area contributed by atoms with Crippen molar-refractivity contribution < 1.29 is 9.59 Å². The van der Waals surface area contributed by atoms with Crippen LogP contribution in [-0.2, 0) is 11.2 Å². The molecule has 0 spiro atoms. The number of nitriles is 1. The molecule has 7 nitrogen and oxygen atoms in total. The minimum absolute atomic E-state index is 0.0812. The number of likely N-dealkylation sites (tertiary alicyclic amines) is 1. The van der Waals surface area contributed by atoms with Gasteiger partial charge in [0.25, 0.3) is 0 Å². The number of pyridine rings is 1. The first-order valence-electron chi connectivity index (χ1n) is 8.59. The van der Waals surface area contributed by atoms with Crippen molar-refractivity contribution in [3.8, 4) is 17.2 Å². The summed E-state index contributed by atoms with van der Waals surface area (Å²) >= 11 is 0. The van der Waals surface area contributed by atoms with Crippen LogP contribution in [0.4, 0.5) is 0 Å². The number of hydrogen-bond donors (Lipinski definition) is 0. The second-order valence-corrected chi connectivity index (χ2v) is 6.95. The molecule has 0 bridgehead atoms. The first-order valence-corrected chi connectivity index (χ1v) is 8.59. The van der Waals surface area contributed by atoms with E-state index in [-0.39, 0.29) is 17.6 Å². The summed E-state index contributed by atoms with van der Waals surface area (Å²) in [5, 5.41) is 13.3. The Balaban J connectivity index is 1.52. The molecule has 3 heterocycles. The zero-order valence-electron chi connectivity index (χ0n) is 14.1. The number of carbonyl (C=O) groups excluding carboxylic acids is 2. The fourth-order valence-corrected chi connectivity index (χ4v) is 3.89. The van der Waals surface area contributed by atoms with Gasteiger partial charge in [-0.3, -0.25) is 19.3 Å². The molecule has 0 N–H and O–H groups in total. The zero-order chi connectivity index (χ0) is 18.0. The standard InChI is InChI=1S/C19H15N5O2/c1-10(19(26)23-7-11(6-20)8-23)24-9-14-12-4-5-21-15-3-2-13(16(12)15)18(25)17(14)22-24/h2,4-5,9-11H,3,7-8H2,1H3. The molecule has 0 aromatic carbocycles. The average molecular weight is 345 g/mol.